The minimum Gasteiger partial charge on any atom is -0.466 e. The van der Waals surface area contributed by atoms with Crippen LogP contribution in [0.1, 0.15) is 23.1 Å². The van der Waals surface area contributed by atoms with Crippen LogP contribution in [-0.4, -0.2) is 47.0 Å². The number of hydrogen-bond donors (Lipinski definition) is 1. The van der Waals surface area contributed by atoms with E-state index in [0.717, 1.165) is 11.1 Å². The molecule has 1 N–H and O–H groups in total. The van der Waals surface area contributed by atoms with Crippen LogP contribution in [0.3, 0.4) is 0 Å². The second kappa shape index (κ2) is 9.28. The van der Waals surface area contributed by atoms with E-state index in [-0.39, 0.29) is 18.2 Å². The summed E-state index contributed by atoms with van der Waals surface area (Å²) < 4.78 is 31.2. The molecule has 1 fully saturated rings. The molecule has 1 aromatic heterocycles. The van der Waals surface area contributed by atoms with Gasteiger partial charge in [0.15, 0.2) is 0 Å². The highest BCUT2D eigenvalue weighted by Gasteiger charge is 2.37. The molecule has 0 unspecified atom stereocenters. The molecule has 9 heteroatoms. The number of aromatic nitrogens is 2. The summed E-state index contributed by atoms with van der Waals surface area (Å²) >= 11 is 5.87. The summed E-state index contributed by atoms with van der Waals surface area (Å²) in [4.78, 5) is 21.1. The average Bonchev–Trinajstić information content (AvgIpc) is 3.04. The van der Waals surface area contributed by atoms with Gasteiger partial charge in [-0.2, -0.15) is 0 Å². The molecule has 0 aliphatic carbocycles. The van der Waals surface area contributed by atoms with Gasteiger partial charge in [0.05, 0.1) is 13.7 Å². The summed E-state index contributed by atoms with van der Waals surface area (Å²) in [5.41, 5.74) is 2.56. The Hall–Kier alpha value is -2.58. The van der Waals surface area contributed by atoms with Gasteiger partial charge >= 0.3 is 5.97 Å². The van der Waals surface area contributed by atoms with Gasteiger partial charge in [0.2, 0.25) is 5.28 Å². The fourth-order valence-electron chi connectivity index (χ4n) is 3.01. The molecule has 29 heavy (non-hydrogen) atoms. The van der Waals surface area contributed by atoms with Crippen molar-refractivity contribution in [3.63, 3.8) is 0 Å². The average molecular weight is 423 g/mol. The molecule has 0 saturated carbocycles. The van der Waals surface area contributed by atoms with Gasteiger partial charge in [-0.25, -0.2) is 23.5 Å². The van der Waals surface area contributed by atoms with Crippen molar-refractivity contribution >= 4 is 29.5 Å². The first-order valence-corrected chi connectivity index (χ1v) is 9.43. The van der Waals surface area contributed by atoms with Gasteiger partial charge in [0.1, 0.15) is 5.82 Å². The number of halogens is 3. The predicted molar refractivity (Wildman–Crippen MR) is 107 cm³/mol. The third-order valence-corrected chi connectivity index (χ3v) is 4.71. The van der Waals surface area contributed by atoms with E-state index >= 15 is 0 Å². The predicted octanol–water partition coefficient (Wildman–Crippen LogP) is 3.77. The molecule has 1 aliphatic heterocycles. The van der Waals surface area contributed by atoms with Gasteiger partial charge in [-0.1, -0.05) is 24.3 Å². The standard InChI is InChI=1S/C20H21ClF2N4O2/c1-29-17(28)7-6-16-11-25-19(21)26-18(16)24-10-14-2-4-15(5-3-14)12-27-9-8-20(22,23)13-27/h2-7,11H,8-10,12-13H2,1H3,(H,24,25,26)/b7-6+. The highest BCUT2D eigenvalue weighted by molar-refractivity contribution is 6.28. The van der Waals surface area contributed by atoms with Gasteiger partial charge in [-0.15, -0.1) is 0 Å². The molecule has 1 saturated heterocycles. The number of nitrogens with zero attached hydrogens (tertiary/aromatic N) is 3. The molecule has 3 rings (SSSR count). The number of rotatable bonds is 7. The topological polar surface area (TPSA) is 67.3 Å². The maximum atomic E-state index is 13.3. The van der Waals surface area contributed by atoms with E-state index in [1.807, 2.05) is 24.3 Å². The molecule has 0 bridgehead atoms. The Balaban J connectivity index is 1.61. The number of benzene rings is 1. The highest BCUT2D eigenvalue weighted by Crippen LogP contribution is 2.27. The van der Waals surface area contributed by atoms with Crippen LogP contribution in [0.5, 0.6) is 0 Å². The smallest absolute Gasteiger partial charge is 0.330 e. The summed E-state index contributed by atoms with van der Waals surface area (Å²) in [6.45, 7) is 1.20. The van der Waals surface area contributed by atoms with Crippen molar-refractivity contribution < 1.29 is 18.3 Å². The molecule has 6 nitrogen and oxygen atoms in total. The molecule has 0 atom stereocenters. The fourth-order valence-corrected chi connectivity index (χ4v) is 3.14. The molecule has 0 spiro atoms. The molecule has 1 aromatic carbocycles. The minimum atomic E-state index is -2.58. The van der Waals surface area contributed by atoms with Crippen LogP contribution in [-0.2, 0) is 22.6 Å². The minimum absolute atomic E-state index is 0.0801. The Bertz CT molecular complexity index is 891. The molecule has 2 aromatic rings. The first kappa shape index (κ1) is 21.1. The van der Waals surface area contributed by atoms with Crippen molar-refractivity contribution in [2.24, 2.45) is 0 Å². The van der Waals surface area contributed by atoms with Gasteiger partial charge in [0, 0.05) is 43.9 Å². The van der Waals surface area contributed by atoms with Gasteiger partial charge in [0.25, 0.3) is 5.92 Å². The van der Waals surface area contributed by atoms with E-state index < -0.39 is 11.9 Å². The number of anilines is 1. The molecule has 154 valence electrons. The fraction of sp³-hybridized carbons (Fsp3) is 0.350. The van der Waals surface area contributed by atoms with Crippen LogP contribution < -0.4 is 5.32 Å². The van der Waals surface area contributed by atoms with Gasteiger partial charge in [-0.05, 0) is 28.8 Å². The first-order chi connectivity index (χ1) is 13.8. The van der Waals surface area contributed by atoms with Crippen LogP contribution >= 0.6 is 11.6 Å². The summed E-state index contributed by atoms with van der Waals surface area (Å²) in [5, 5.41) is 3.25. The first-order valence-electron chi connectivity index (χ1n) is 9.05. The van der Waals surface area contributed by atoms with Gasteiger partial charge in [-0.3, -0.25) is 4.90 Å². The molecular formula is C20H21ClF2N4O2. The zero-order valence-corrected chi connectivity index (χ0v) is 16.6. The summed E-state index contributed by atoms with van der Waals surface area (Å²) in [7, 11) is 1.29. The van der Waals surface area contributed by atoms with E-state index in [2.05, 4.69) is 20.0 Å². The number of likely N-dealkylation sites (tertiary alicyclic amines) is 1. The highest BCUT2D eigenvalue weighted by atomic mass is 35.5. The summed E-state index contributed by atoms with van der Waals surface area (Å²) in [6.07, 6.45) is 4.24. The number of carbonyl (C=O) groups is 1. The van der Waals surface area contributed by atoms with E-state index in [1.165, 1.54) is 19.4 Å². The van der Waals surface area contributed by atoms with Crippen molar-refractivity contribution in [2.75, 3.05) is 25.5 Å². The molecule has 2 heterocycles. The van der Waals surface area contributed by atoms with Crippen molar-refractivity contribution in [1.82, 2.24) is 14.9 Å². The second-order valence-electron chi connectivity index (χ2n) is 6.79. The molecule has 0 radical (unpaired) electrons. The quantitative estimate of drug-likeness (QED) is 0.416. The number of ether oxygens (including phenoxy) is 1. The van der Waals surface area contributed by atoms with E-state index in [4.69, 9.17) is 11.6 Å². The van der Waals surface area contributed by atoms with Crippen LogP contribution in [0, 0.1) is 0 Å². The summed E-state index contributed by atoms with van der Waals surface area (Å²) in [6, 6.07) is 7.73. The van der Waals surface area contributed by atoms with Crippen LogP contribution in [0.25, 0.3) is 6.08 Å². The number of alkyl halides is 2. The Morgan fingerprint density at radius 1 is 1.34 bits per heavy atom. The molecule has 1 aliphatic rings. The number of esters is 1. The van der Waals surface area contributed by atoms with E-state index in [9.17, 15) is 13.6 Å². The summed E-state index contributed by atoms with van der Waals surface area (Å²) in [5.74, 6) is -2.59. The van der Waals surface area contributed by atoms with E-state index in [1.54, 1.807) is 11.0 Å². The Morgan fingerprint density at radius 2 is 2.07 bits per heavy atom. The van der Waals surface area contributed by atoms with Crippen molar-refractivity contribution in [1.29, 1.82) is 0 Å². The number of carbonyl (C=O) groups excluding carboxylic acids is 1. The Kier molecular flexibility index (Phi) is 6.76. The monoisotopic (exact) mass is 422 g/mol. The zero-order chi connectivity index (χ0) is 20.9. The van der Waals surface area contributed by atoms with Crippen molar-refractivity contribution in [2.45, 2.75) is 25.4 Å². The van der Waals surface area contributed by atoms with Crippen LogP contribution in [0.4, 0.5) is 14.6 Å². The van der Waals surface area contributed by atoms with Crippen LogP contribution in [0.15, 0.2) is 36.5 Å². The van der Waals surface area contributed by atoms with Crippen LogP contribution in [0.2, 0.25) is 5.28 Å². The largest absolute Gasteiger partial charge is 0.466 e. The third-order valence-electron chi connectivity index (χ3n) is 4.53. The number of nitrogens with one attached hydrogen (secondary N) is 1. The van der Waals surface area contributed by atoms with Crippen molar-refractivity contribution in [3.05, 3.63) is 58.5 Å². The van der Waals surface area contributed by atoms with Crippen molar-refractivity contribution in [3.8, 4) is 0 Å². The third kappa shape index (κ3) is 6.20. The second-order valence-corrected chi connectivity index (χ2v) is 7.12. The number of hydrogen-bond acceptors (Lipinski definition) is 6. The lowest BCUT2D eigenvalue weighted by Gasteiger charge is -2.16. The normalized spacial score (nSPS) is 16.3. The number of methoxy groups -OCH3 is 1. The maximum absolute atomic E-state index is 13.3. The lowest BCUT2D eigenvalue weighted by molar-refractivity contribution is -0.134. The molecular weight excluding hydrogens is 402 g/mol. The lowest BCUT2D eigenvalue weighted by atomic mass is 10.1. The lowest BCUT2D eigenvalue weighted by Crippen LogP contribution is -2.24. The van der Waals surface area contributed by atoms with E-state index in [0.29, 0.717) is 31.0 Å². The Morgan fingerprint density at radius 3 is 2.72 bits per heavy atom. The van der Waals surface area contributed by atoms with Gasteiger partial charge < -0.3 is 10.1 Å². The maximum Gasteiger partial charge on any atom is 0.330 e. The Labute approximate surface area is 172 Å². The SMILES string of the molecule is COC(=O)/C=C/c1cnc(Cl)nc1NCc1ccc(CN2CCC(F)(F)C2)cc1. The molecule has 0 amide bonds. The zero-order valence-electron chi connectivity index (χ0n) is 15.9.